The average molecular weight is 266 g/mol. The molecule has 1 aliphatic rings. The maximum absolute atomic E-state index is 12.6. The molecule has 0 aromatic carbocycles. The number of carbonyl (C=O) groups excluding carboxylic acids is 2. The van der Waals surface area contributed by atoms with Gasteiger partial charge < -0.3 is 10.2 Å². The Hall–Kier alpha value is -1.27. The molecule has 0 unspecified atom stereocenters. The molecule has 0 aliphatic carbocycles. The number of amides is 2. The number of carbonyl (C=O) groups is 2. The summed E-state index contributed by atoms with van der Waals surface area (Å²) in [4.78, 5) is 23.8. The Morgan fingerprint density at radius 2 is 2.00 bits per heavy atom. The molecule has 0 aromatic rings. The fourth-order valence-corrected chi connectivity index (χ4v) is 2.08. The van der Waals surface area contributed by atoms with E-state index < -0.39 is 24.0 Å². The van der Waals surface area contributed by atoms with E-state index in [2.05, 4.69) is 5.32 Å². The van der Waals surface area contributed by atoms with E-state index in [1.54, 1.807) is 0 Å². The molecule has 0 spiro atoms. The minimum atomic E-state index is -4.27. The van der Waals surface area contributed by atoms with E-state index in [0.29, 0.717) is 13.0 Å². The van der Waals surface area contributed by atoms with Crippen molar-refractivity contribution in [2.75, 3.05) is 13.1 Å². The Balaban J connectivity index is 2.61. The Morgan fingerprint density at radius 3 is 2.50 bits per heavy atom. The first-order chi connectivity index (χ1) is 8.21. The molecular formula is C11H17F3N2O2. The molecule has 7 heteroatoms. The first-order valence-corrected chi connectivity index (χ1v) is 5.84. The number of halogens is 3. The minimum absolute atomic E-state index is 0.0573. The van der Waals surface area contributed by atoms with Crippen molar-refractivity contribution in [1.82, 2.24) is 10.2 Å². The van der Waals surface area contributed by atoms with Crippen molar-refractivity contribution in [2.45, 2.75) is 38.9 Å². The normalized spacial score (nSPS) is 22.5. The number of rotatable bonds is 2. The molecular weight excluding hydrogens is 249 g/mol. The zero-order chi connectivity index (χ0) is 13.9. The van der Waals surface area contributed by atoms with Crippen molar-refractivity contribution in [1.29, 1.82) is 0 Å². The summed E-state index contributed by atoms with van der Waals surface area (Å²) in [6.45, 7) is 2.74. The van der Waals surface area contributed by atoms with Gasteiger partial charge in [0, 0.05) is 20.0 Å². The lowest BCUT2D eigenvalue weighted by Crippen LogP contribution is -2.51. The molecule has 0 bridgehead atoms. The zero-order valence-corrected chi connectivity index (χ0v) is 10.4. The molecule has 2 atom stereocenters. The van der Waals surface area contributed by atoms with E-state index in [0.717, 1.165) is 0 Å². The van der Waals surface area contributed by atoms with Crippen LogP contribution in [0.3, 0.4) is 0 Å². The molecule has 1 saturated heterocycles. The molecule has 18 heavy (non-hydrogen) atoms. The van der Waals surface area contributed by atoms with Gasteiger partial charge in [-0.15, -0.1) is 0 Å². The van der Waals surface area contributed by atoms with Gasteiger partial charge in [0.25, 0.3) is 0 Å². The van der Waals surface area contributed by atoms with Crippen molar-refractivity contribution in [3.63, 3.8) is 0 Å². The van der Waals surface area contributed by atoms with Gasteiger partial charge in [0.15, 0.2) is 0 Å². The summed E-state index contributed by atoms with van der Waals surface area (Å²) in [5.74, 6) is -2.29. The predicted molar refractivity (Wildman–Crippen MR) is 58.6 cm³/mol. The SMILES string of the molecule is CC(=O)N[C@H](C)C(=O)N1CCC[C@H](C(F)(F)F)C1. The standard InChI is InChI=1S/C11H17F3N2O2/c1-7(15-8(2)17)10(18)16-5-3-4-9(6-16)11(12,13)14/h7,9H,3-6H2,1-2H3,(H,15,17)/t7-,9+/m1/s1. The van der Waals surface area contributed by atoms with Gasteiger partial charge in [-0.25, -0.2) is 0 Å². The largest absolute Gasteiger partial charge is 0.393 e. The van der Waals surface area contributed by atoms with Crippen molar-refractivity contribution >= 4 is 11.8 Å². The second kappa shape index (κ2) is 5.58. The Morgan fingerprint density at radius 1 is 1.39 bits per heavy atom. The summed E-state index contributed by atoms with van der Waals surface area (Å²) in [7, 11) is 0. The maximum Gasteiger partial charge on any atom is 0.393 e. The topological polar surface area (TPSA) is 49.4 Å². The molecule has 104 valence electrons. The summed E-state index contributed by atoms with van der Waals surface area (Å²) in [5, 5.41) is 2.38. The third-order valence-electron chi connectivity index (χ3n) is 2.99. The zero-order valence-electron chi connectivity index (χ0n) is 10.4. The number of likely N-dealkylation sites (tertiary alicyclic amines) is 1. The van der Waals surface area contributed by atoms with Gasteiger partial charge in [-0.05, 0) is 19.8 Å². The molecule has 1 N–H and O–H groups in total. The van der Waals surface area contributed by atoms with Crippen LogP contribution in [-0.2, 0) is 9.59 Å². The van der Waals surface area contributed by atoms with Crippen molar-refractivity contribution < 1.29 is 22.8 Å². The van der Waals surface area contributed by atoms with E-state index in [9.17, 15) is 22.8 Å². The summed E-state index contributed by atoms with van der Waals surface area (Å²) < 4.78 is 37.7. The Labute approximate surface area is 104 Å². The number of piperidine rings is 1. The summed E-state index contributed by atoms with van der Waals surface area (Å²) in [6.07, 6.45) is -3.87. The van der Waals surface area contributed by atoms with Crippen LogP contribution in [0.5, 0.6) is 0 Å². The Kier molecular flexibility index (Phi) is 4.59. The van der Waals surface area contributed by atoms with Gasteiger partial charge in [-0.3, -0.25) is 9.59 Å². The van der Waals surface area contributed by atoms with Gasteiger partial charge in [0.05, 0.1) is 5.92 Å². The molecule has 1 rings (SSSR count). The third kappa shape index (κ3) is 3.89. The van der Waals surface area contributed by atoms with E-state index in [1.807, 2.05) is 0 Å². The van der Waals surface area contributed by atoms with E-state index in [4.69, 9.17) is 0 Å². The first kappa shape index (κ1) is 14.8. The second-order valence-corrected chi connectivity index (χ2v) is 4.59. The van der Waals surface area contributed by atoms with Crippen molar-refractivity contribution in [2.24, 2.45) is 5.92 Å². The molecule has 1 fully saturated rings. The van der Waals surface area contributed by atoms with E-state index in [1.165, 1.54) is 18.7 Å². The minimum Gasteiger partial charge on any atom is -0.345 e. The number of hydrogen-bond acceptors (Lipinski definition) is 2. The lowest BCUT2D eigenvalue weighted by Gasteiger charge is -2.35. The lowest BCUT2D eigenvalue weighted by atomic mass is 9.97. The van der Waals surface area contributed by atoms with Crippen LogP contribution < -0.4 is 5.32 Å². The van der Waals surface area contributed by atoms with Gasteiger partial charge in [0.1, 0.15) is 6.04 Å². The van der Waals surface area contributed by atoms with Crippen LogP contribution in [0.15, 0.2) is 0 Å². The smallest absolute Gasteiger partial charge is 0.345 e. The van der Waals surface area contributed by atoms with Crippen LogP contribution in [0, 0.1) is 5.92 Å². The lowest BCUT2D eigenvalue weighted by molar-refractivity contribution is -0.188. The number of alkyl halides is 3. The summed E-state index contributed by atoms with van der Waals surface area (Å²) in [6, 6.07) is -0.783. The second-order valence-electron chi connectivity index (χ2n) is 4.59. The predicted octanol–water partition coefficient (Wildman–Crippen LogP) is 1.31. The van der Waals surface area contributed by atoms with Gasteiger partial charge in [-0.2, -0.15) is 13.2 Å². The van der Waals surface area contributed by atoms with E-state index in [-0.39, 0.29) is 18.9 Å². The number of nitrogens with zero attached hydrogens (tertiary/aromatic N) is 1. The van der Waals surface area contributed by atoms with Crippen LogP contribution in [0.4, 0.5) is 13.2 Å². The third-order valence-corrected chi connectivity index (χ3v) is 2.99. The van der Waals surface area contributed by atoms with Gasteiger partial charge in [-0.1, -0.05) is 0 Å². The highest BCUT2D eigenvalue weighted by Crippen LogP contribution is 2.33. The van der Waals surface area contributed by atoms with Crippen LogP contribution in [0.25, 0.3) is 0 Å². The van der Waals surface area contributed by atoms with Crippen LogP contribution >= 0.6 is 0 Å². The monoisotopic (exact) mass is 266 g/mol. The number of hydrogen-bond donors (Lipinski definition) is 1. The molecule has 1 aliphatic heterocycles. The average Bonchev–Trinajstić information content (AvgIpc) is 2.26. The molecule has 1 heterocycles. The highest BCUT2D eigenvalue weighted by Gasteiger charge is 2.43. The van der Waals surface area contributed by atoms with Crippen LogP contribution in [-0.4, -0.2) is 42.0 Å². The van der Waals surface area contributed by atoms with Gasteiger partial charge in [0.2, 0.25) is 11.8 Å². The maximum atomic E-state index is 12.6. The number of nitrogens with one attached hydrogen (secondary N) is 1. The van der Waals surface area contributed by atoms with Crippen molar-refractivity contribution in [3.8, 4) is 0 Å². The first-order valence-electron chi connectivity index (χ1n) is 5.84. The highest BCUT2D eigenvalue weighted by atomic mass is 19.4. The quantitative estimate of drug-likeness (QED) is 0.819. The summed E-state index contributed by atoms with van der Waals surface area (Å²) in [5.41, 5.74) is 0. The summed E-state index contributed by atoms with van der Waals surface area (Å²) >= 11 is 0. The van der Waals surface area contributed by atoms with Gasteiger partial charge >= 0.3 is 6.18 Å². The molecule has 0 aromatic heterocycles. The molecule has 0 saturated carbocycles. The van der Waals surface area contributed by atoms with Crippen LogP contribution in [0.1, 0.15) is 26.7 Å². The molecule has 0 radical (unpaired) electrons. The van der Waals surface area contributed by atoms with Crippen LogP contribution in [0.2, 0.25) is 0 Å². The fraction of sp³-hybridized carbons (Fsp3) is 0.818. The van der Waals surface area contributed by atoms with E-state index >= 15 is 0 Å². The Bertz CT molecular complexity index is 331. The fourth-order valence-electron chi connectivity index (χ4n) is 2.08. The highest BCUT2D eigenvalue weighted by molar-refractivity contribution is 5.86. The molecule has 2 amide bonds. The van der Waals surface area contributed by atoms with Crippen molar-refractivity contribution in [3.05, 3.63) is 0 Å². The molecule has 4 nitrogen and oxygen atoms in total.